The number of hydrogen-bond donors (Lipinski definition) is 0. The van der Waals surface area contributed by atoms with E-state index in [4.69, 9.17) is 9.47 Å². The standard InChI is InChI=1S/C23H28N2O3/c1-23(2,15-18-6-4-3-5-7-18)22(26)25-12-10-24(11-13-25)16-19-8-9-20-21(14-19)28-17-27-20/h3-9,14H,10-13,15-17H2,1-2H3. The number of fused-ring (bicyclic) bond motifs is 1. The lowest BCUT2D eigenvalue weighted by Crippen LogP contribution is -2.52. The highest BCUT2D eigenvalue weighted by Crippen LogP contribution is 2.33. The van der Waals surface area contributed by atoms with Gasteiger partial charge < -0.3 is 14.4 Å². The molecule has 1 saturated heterocycles. The summed E-state index contributed by atoms with van der Waals surface area (Å²) in [5.74, 6) is 1.90. The second-order valence-corrected chi connectivity index (χ2v) is 8.30. The van der Waals surface area contributed by atoms with Gasteiger partial charge in [0.15, 0.2) is 11.5 Å². The van der Waals surface area contributed by atoms with E-state index in [1.807, 2.05) is 29.2 Å². The molecule has 148 valence electrons. The predicted molar refractivity (Wildman–Crippen MR) is 108 cm³/mol. The van der Waals surface area contributed by atoms with Gasteiger partial charge in [-0.15, -0.1) is 0 Å². The third kappa shape index (κ3) is 4.14. The smallest absolute Gasteiger partial charge is 0.231 e. The summed E-state index contributed by atoms with van der Waals surface area (Å²) < 4.78 is 10.8. The van der Waals surface area contributed by atoms with Crippen LogP contribution in [0, 0.1) is 5.41 Å². The molecule has 0 bridgehead atoms. The number of hydrogen-bond acceptors (Lipinski definition) is 4. The molecule has 1 amide bonds. The second kappa shape index (κ2) is 7.84. The van der Waals surface area contributed by atoms with Crippen LogP contribution in [0.5, 0.6) is 11.5 Å². The average molecular weight is 380 g/mol. The monoisotopic (exact) mass is 380 g/mol. The van der Waals surface area contributed by atoms with Crippen LogP contribution in [0.4, 0.5) is 0 Å². The number of amides is 1. The largest absolute Gasteiger partial charge is 0.454 e. The molecule has 0 N–H and O–H groups in total. The Labute approximate surface area is 166 Å². The molecule has 5 heteroatoms. The molecule has 0 radical (unpaired) electrons. The topological polar surface area (TPSA) is 42.0 Å². The Morgan fingerprint density at radius 2 is 1.64 bits per heavy atom. The molecule has 1 fully saturated rings. The summed E-state index contributed by atoms with van der Waals surface area (Å²) in [5, 5.41) is 0. The molecular formula is C23H28N2O3. The molecule has 0 unspecified atom stereocenters. The highest BCUT2D eigenvalue weighted by Gasteiger charge is 2.33. The van der Waals surface area contributed by atoms with Crippen LogP contribution in [0.15, 0.2) is 48.5 Å². The Morgan fingerprint density at radius 3 is 2.39 bits per heavy atom. The van der Waals surface area contributed by atoms with Crippen molar-refractivity contribution >= 4 is 5.91 Å². The van der Waals surface area contributed by atoms with E-state index in [1.165, 1.54) is 11.1 Å². The van der Waals surface area contributed by atoms with E-state index < -0.39 is 0 Å². The average Bonchev–Trinajstić information content (AvgIpc) is 3.16. The van der Waals surface area contributed by atoms with Crippen LogP contribution in [0.25, 0.3) is 0 Å². The summed E-state index contributed by atoms with van der Waals surface area (Å²) in [7, 11) is 0. The van der Waals surface area contributed by atoms with E-state index in [1.54, 1.807) is 0 Å². The first kappa shape index (κ1) is 18.8. The van der Waals surface area contributed by atoms with Crippen molar-refractivity contribution < 1.29 is 14.3 Å². The molecule has 4 rings (SSSR count). The number of rotatable bonds is 5. The fourth-order valence-corrected chi connectivity index (χ4v) is 4.02. The first-order chi connectivity index (χ1) is 13.5. The summed E-state index contributed by atoms with van der Waals surface area (Å²) >= 11 is 0. The highest BCUT2D eigenvalue weighted by atomic mass is 16.7. The molecule has 28 heavy (non-hydrogen) atoms. The SMILES string of the molecule is CC(C)(Cc1ccccc1)C(=O)N1CCN(Cc2ccc3c(c2)OCO3)CC1. The molecule has 5 nitrogen and oxygen atoms in total. The van der Waals surface area contributed by atoms with Crippen LogP contribution in [0.1, 0.15) is 25.0 Å². The van der Waals surface area contributed by atoms with Gasteiger partial charge in [-0.1, -0.05) is 50.2 Å². The fraction of sp³-hybridized carbons (Fsp3) is 0.435. The third-order valence-electron chi connectivity index (χ3n) is 5.57. The molecule has 2 aromatic carbocycles. The summed E-state index contributed by atoms with van der Waals surface area (Å²) in [6, 6.07) is 16.4. The molecule has 2 heterocycles. The maximum atomic E-state index is 13.1. The first-order valence-corrected chi connectivity index (χ1v) is 9.95. The zero-order valence-electron chi connectivity index (χ0n) is 16.7. The van der Waals surface area contributed by atoms with Crippen molar-refractivity contribution in [3.05, 3.63) is 59.7 Å². The molecular weight excluding hydrogens is 352 g/mol. The van der Waals surface area contributed by atoms with Gasteiger partial charge in [0.25, 0.3) is 0 Å². The number of carbonyl (C=O) groups is 1. The predicted octanol–water partition coefficient (Wildman–Crippen LogP) is 3.33. The lowest BCUT2D eigenvalue weighted by atomic mass is 9.84. The normalized spacial score (nSPS) is 17.0. The number of nitrogens with zero attached hydrogens (tertiary/aromatic N) is 2. The zero-order chi connectivity index (χ0) is 19.6. The maximum absolute atomic E-state index is 13.1. The van der Waals surface area contributed by atoms with Crippen molar-refractivity contribution in [2.45, 2.75) is 26.8 Å². The fourth-order valence-electron chi connectivity index (χ4n) is 4.02. The van der Waals surface area contributed by atoms with E-state index in [2.05, 4.69) is 43.0 Å². The van der Waals surface area contributed by atoms with Crippen LogP contribution in [0.3, 0.4) is 0 Å². The van der Waals surface area contributed by atoms with Gasteiger partial charge >= 0.3 is 0 Å². The van der Waals surface area contributed by atoms with Gasteiger partial charge in [0.1, 0.15) is 0 Å². The molecule has 0 saturated carbocycles. The number of benzene rings is 2. The molecule has 0 atom stereocenters. The van der Waals surface area contributed by atoms with Gasteiger partial charge in [-0.05, 0) is 29.7 Å². The van der Waals surface area contributed by atoms with Crippen molar-refractivity contribution in [1.82, 2.24) is 9.80 Å². The first-order valence-electron chi connectivity index (χ1n) is 9.95. The minimum absolute atomic E-state index is 0.249. The Kier molecular flexibility index (Phi) is 5.27. The zero-order valence-corrected chi connectivity index (χ0v) is 16.7. The lowest BCUT2D eigenvalue weighted by Gasteiger charge is -2.38. The molecule has 0 spiro atoms. The lowest BCUT2D eigenvalue weighted by molar-refractivity contribution is -0.142. The van der Waals surface area contributed by atoms with Crippen molar-refractivity contribution in [2.24, 2.45) is 5.41 Å². The van der Waals surface area contributed by atoms with E-state index in [0.29, 0.717) is 6.79 Å². The van der Waals surface area contributed by atoms with Crippen LogP contribution < -0.4 is 9.47 Å². The maximum Gasteiger partial charge on any atom is 0.231 e. The van der Waals surface area contributed by atoms with Crippen molar-refractivity contribution in [1.29, 1.82) is 0 Å². The Balaban J connectivity index is 1.31. The highest BCUT2D eigenvalue weighted by molar-refractivity contribution is 5.82. The molecule has 2 aliphatic heterocycles. The van der Waals surface area contributed by atoms with Crippen LogP contribution in [-0.4, -0.2) is 48.7 Å². The Hall–Kier alpha value is -2.53. The van der Waals surface area contributed by atoms with Gasteiger partial charge in [0.05, 0.1) is 0 Å². The summed E-state index contributed by atoms with van der Waals surface area (Å²) in [6.07, 6.45) is 0.768. The van der Waals surface area contributed by atoms with Gasteiger partial charge in [0.2, 0.25) is 12.7 Å². The van der Waals surface area contributed by atoms with Gasteiger partial charge in [-0.3, -0.25) is 9.69 Å². The molecule has 2 aromatic rings. The van der Waals surface area contributed by atoms with Crippen LogP contribution in [-0.2, 0) is 17.8 Å². The van der Waals surface area contributed by atoms with Crippen LogP contribution in [0.2, 0.25) is 0 Å². The molecule has 0 aromatic heterocycles. The van der Waals surface area contributed by atoms with Crippen molar-refractivity contribution in [3.63, 3.8) is 0 Å². The quantitative estimate of drug-likeness (QED) is 0.798. The third-order valence-corrected chi connectivity index (χ3v) is 5.57. The molecule has 0 aliphatic carbocycles. The number of piperazine rings is 1. The van der Waals surface area contributed by atoms with E-state index in [9.17, 15) is 4.79 Å². The number of ether oxygens (including phenoxy) is 2. The van der Waals surface area contributed by atoms with E-state index in [0.717, 1.165) is 50.6 Å². The number of carbonyl (C=O) groups excluding carboxylic acids is 1. The van der Waals surface area contributed by atoms with Gasteiger partial charge in [-0.25, -0.2) is 0 Å². The van der Waals surface area contributed by atoms with Gasteiger partial charge in [0, 0.05) is 38.1 Å². The molecule has 2 aliphatic rings. The minimum Gasteiger partial charge on any atom is -0.454 e. The van der Waals surface area contributed by atoms with E-state index >= 15 is 0 Å². The van der Waals surface area contributed by atoms with Crippen molar-refractivity contribution in [2.75, 3.05) is 33.0 Å². The Bertz CT molecular complexity index is 827. The Morgan fingerprint density at radius 1 is 0.929 bits per heavy atom. The van der Waals surface area contributed by atoms with E-state index in [-0.39, 0.29) is 11.3 Å². The summed E-state index contributed by atoms with van der Waals surface area (Å²) in [6.45, 7) is 8.62. The van der Waals surface area contributed by atoms with Crippen molar-refractivity contribution in [3.8, 4) is 11.5 Å². The minimum atomic E-state index is -0.388. The van der Waals surface area contributed by atoms with Crippen LogP contribution >= 0.6 is 0 Å². The second-order valence-electron chi connectivity index (χ2n) is 8.30. The summed E-state index contributed by atoms with van der Waals surface area (Å²) in [4.78, 5) is 17.5. The summed E-state index contributed by atoms with van der Waals surface area (Å²) in [5.41, 5.74) is 2.04. The van der Waals surface area contributed by atoms with Gasteiger partial charge in [-0.2, -0.15) is 0 Å².